The molecule has 0 bridgehead atoms. The fourth-order valence-corrected chi connectivity index (χ4v) is 2.24. The van der Waals surface area contributed by atoms with E-state index in [-0.39, 0.29) is 0 Å². The summed E-state index contributed by atoms with van der Waals surface area (Å²) in [5.41, 5.74) is 7.25. The summed E-state index contributed by atoms with van der Waals surface area (Å²) in [7, 11) is 0. The van der Waals surface area contributed by atoms with Gasteiger partial charge in [-0.2, -0.15) is 0 Å². The summed E-state index contributed by atoms with van der Waals surface area (Å²) < 4.78 is 0. The Labute approximate surface area is 92.9 Å². The van der Waals surface area contributed by atoms with Gasteiger partial charge in [0.05, 0.1) is 5.56 Å². The molecule has 0 atom stereocenters. The average Bonchev–Trinajstić information content (AvgIpc) is 2.12. The van der Waals surface area contributed by atoms with Gasteiger partial charge < -0.3 is 10.8 Å². The molecule has 3 N–H and O–H groups in total. The standard InChI is InChI=1S/C10H14N2O2S/c1-6-5-7(2)12-9(15-4-3-11)8(6)10(13)14/h5H,3-4,11H2,1-2H3,(H,13,14). The van der Waals surface area contributed by atoms with Crippen molar-refractivity contribution in [2.24, 2.45) is 5.73 Å². The van der Waals surface area contributed by atoms with Gasteiger partial charge in [-0.15, -0.1) is 11.8 Å². The Morgan fingerprint density at radius 3 is 2.80 bits per heavy atom. The molecule has 5 heteroatoms. The summed E-state index contributed by atoms with van der Waals surface area (Å²) in [6.07, 6.45) is 0. The molecule has 1 heterocycles. The van der Waals surface area contributed by atoms with Gasteiger partial charge in [-0.3, -0.25) is 0 Å². The molecule has 0 saturated carbocycles. The number of rotatable bonds is 4. The largest absolute Gasteiger partial charge is 0.478 e. The number of carboxylic acids is 1. The quantitative estimate of drug-likeness (QED) is 0.760. The fourth-order valence-electron chi connectivity index (χ4n) is 1.32. The van der Waals surface area contributed by atoms with Gasteiger partial charge in [0, 0.05) is 18.0 Å². The van der Waals surface area contributed by atoms with E-state index < -0.39 is 5.97 Å². The molecule has 0 spiro atoms. The second kappa shape index (κ2) is 5.14. The van der Waals surface area contributed by atoms with Gasteiger partial charge in [-0.05, 0) is 25.5 Å². The Bertz CT molecular complexity index is 380. The number of thioether (sulfide) groups is 1. The van der Waals surface area contributed by atoms with Crippen LogP contribution < -0.4 is 5.73 Å². The predicted molar refractivity (Wildman–Crippen MR) is 60.4 cm³/mol. The third kappa shape index (κ3) is 2.94. The molecule has 1 aromatic heterocycles. The van der Waals surface area contributed by atoms with E-state index in [2.05, 4.69) is 4.98 Å². The molecular weight excluding hydrogens is 212 g/mol. The Balaban J connectivity index is 3.14. The van der Waals surface area contributed by atoms with Crippen molar-refractivity contribution in [3.63, 3.8) is 0 Å². The normalized spacial score (nSPS) is 10.3. The first-order valence-corrected chi connectivity index (χ1v) is 5.59. The lowest BCUT2D eigenvalue weighted by Gasteiger charge is -2.08. The van der Waals surface area contributed by atoms with Gasteiger partial charge in [0.25, 0.3) is 0 Å². The molecular formula is C10H14N2O2S. The summed E-state index contributed by atoms with van der Waals surface area (Å²) in [4.78, 5) is 15.3. The first-order chi connectivity index (χ1) is 7.06. The van der Waals surface area contributed by atoms with Crippen molar-refractivity contribution in [1.29, 1.82) is 0 Å². The summed E-state index contributed by atoms with van der Waals surface area (Å²) in [5.74, 6) is -0.254. The van der Waals surface area contributed by atoms with Crippen LogP contribution in [0, 0.1) is 13.8 Å². The number of nitrogens with two attached hydrogens (primary N) is 1. The maximum Gasteiger partial charge on any atom is 0.338 e. The zero-order chi connectivity index (χ0) is 11.4. The molecule has 0 aliphatic rings. The lowest BCUT2D eigenvalue weighted by Crippen LogP contribution is -2.07. The van der Waals surface area contributed by atoms with Crippen molar-refractivity contribution in [2.75, 3.05) is 12.3 Å². The number of hydrogen-bond acceptors (Lipinski definition) is 4. The van der Waals surface area contributed by atoms with Crippen molar-refractivity contribution in [1.82, 2.24) is 4.98 Å². The first kappa shape index (κ1) is 12.0. The van der Waals surface area contributed by atoms with E-state index in [1.807, 2.05) is 6.92 Å². The number of pyridine rings is 1. The number of hydrogen-bond donors (Lipinski definition) is 2. The molecule has 0 fully saturated rings. The zero-order valence-corrected chi connectivity index (χ0v) is 9.60. The van der Waals surface area contributed by atoms with Crippen molar-refractivity contribution in [3.05, 3.63) is 22.9 Å². The molecule has 0 radical (unpaired) electrons. The van der Waals surface area contributed by atoms with E-state index in [4.69, 9.17) is 10.8 Å². The smallest absolute Gasteiger partial charge is 0.338 e. The number of aryl methyl sites for hydroxylation is 2. The van der Waals surface area contributed by atoms with Crippen LogP contribution in [-0.2, 0) is 0 Å². The highest BCUT2D eigenvalue weighted by molar-refractivity contribution is 7.99. The SMILES string of the molecule is Cc1cc(C)c(C(=O)O)c(SCCN)n1. The molecule has 15 heavy (non-hydrogen) atoms. The topological polar surface area (TPSA) is 76.2 Å². The van der Waals surface area contributed by atoms with Crippen molar-refractivity contribution in [2.45, 2.75) is 18.9 Å². The van der Waals surface area contributed by atoms with Crippen LogP contribution in [0.3, 0.4) is 0 Å². The van der Waals surface area contributed by atoms with E-state index in [1.54, 1.807) is 13.0 Å². The molecule has 0 aliphatic carbocycles. The second-order valence-corrected chi connectivity index (χ2v) is 4.29. The van der Waals surface area contributed by atoms with Gasteiger partial charge in [0.1, 0.15) is 5.03 Å². The molecule has 1 rings (SSSR count). The average molecular weight is 226 g/mol. The second-order valence-electron chi connectivity index (χ2n) is 3.20. The van der Waals surface area contributed by atoms with E-state index in [0.29, 0.717) is 22.9 Å². The minimum absolute atomic E-state index is 0.291. The van der Waals surface area contributed by atoms with Gasteiger partial charge in [0.15, 0.2) is 0 Å². The molecule has 1 aromatic rings. The monoisotopic (exact) mass is 226 g/mol. The van der Waals surface area contributed by atoms with Crippen molar-refractivity contribution in [3.8, 4) is 0 Å². The number of aromatic carboxylic acids is 1. The molecule has 0 unspecified atom stereocenters. The molecule has 0 aliphatic heterocycles. The highest BCUT2D eigenvalue weighted by Crippen LogP contribution is 2.23. The highest BCUT2D eigenvalue weighted by Gasteiger charge is 2.15. The van der Waals surface area contributed by atoms with Gasteiger partial charge in [-0.25, -0.2) is 9.78 Å². The summed E-state index contributed by atoms with van der Waals surface area (Å²) >= 11 is 1.39. The number of aromatic nitrogens is 1. The van der Waals surface area contributed by atoms with E-state index in [9.17, 15) is 4.79 Å². The van der Waals surface area contributed by atoms with Crippen LogP contribution in [0.2, 0.25) is 0 Å². The Morgan fingerprint density at radius 1 is 1.60 bits per heavy atom. The van der Waals surface area contributed by atoms with Gasteiger partial charge in [0.2, 0.25) is 0 Å². The van der Waals surface area contributed by atoms with Crippen LogP contribution in [0.1, 0.15) is 21.6 Å². The summed E-state index contributed by atoms with van der Waals surface area (Å²) in [6.45, 7) is 4.15. The number of carbonyl (C=O) groups is 1. The predicted octanol–water partition coefficient (Wildman–Crippen LogP) is 1.45. The van der Waals surface area contributed by atoms with Crippen LogP contribution in [0.25, 0.3) is 0 Å². The van der Waals surface area contributed by atoms with Crippen LogP contribution in [0.4, 0.5) is 0 Å². The summed E-state index contributed by atoms with van der Waals surface area (Å²) in [5, 5.41) is 9.61. The summed E-state index contributed by atoms with van der Waals surface area (Å²) in [6, 6.07) is 1.77. The van der Waals surface area contributed by atoms with Crippen molar-refractivity contribution >= 4 is 17.7 Å². The molecule has 82 valence electrons. The van der Waals surface area contributed by atoms with Gasteiger partial charge in [-0.1, -0.05) is 0 Å². The van der Waals surface area contributed by atoms with Crippen LogP contribution >= 0.6 is 11.8 Å². The fraction of sp³-hybridized carbons (Fsp3) is 0.400. The minimum atomic E-state index is -0.931. The lowest BCUT2D eigenvalue weighted by molar-refractivity contribution is 0.0691. The third-order valence-electron chi connectivity index (χ3n) is 1.88. The maximum atomic E-state index is 11.0. The Morgan fingerprint density at radius 2 is 2.27 bits per heavy atom. The van der Waals surface area contributed by atoms with Crippen molar-refractivity contribution < 1.29 is 9.90 Å². The third-order valence-corrected chi connectivity index (χ3v) is 2.89. The molecule has 0 amide bonds. The lowest BCUT2D eigenvalue weighted by atomic mass is 10.1. The number of nitrogens with zero attached hydrogens (tertiary/aromatic N) is 1. The van der Waals surface area contributed by atoms with Crippen LogP contribution in [-0.4, -0.2) is 28.4 Å². The maximum absolute atomic E-state index is 11.0. The Hall–Kier alpha value is -1.07. The van der Waals surface area contributed by atoms with Gasteiger partial charge >= 0.3 is 5.97 Å². The van der Waals surface area contributed by atoms with Crippen LogP contribution in [0.5, 0.6) is 0 Å². The zero-order valence-electron chi connectivity index (χ0n) is 8.78. The number of carboxylic acid groups (broad SMARTS) is 1. The van der Waals surface area contributed by atoms with E-state index in [1.165, 1.54) is 11.8 Å². The van der Waals surface area contributed by atoms with E-state index >= 15 is 0 Å². The highest BCUT2D eigenvalue weighted by atomic mass is 32.2. The van der Waals surface area contributed by atoms with E-state index in [0.717, 1.165) is 11.3 Å². The molecule has 0 aromatic carbocycles. The Kier molecular flexibility index (Phi) is 4.11. The minimum Gasteiger partial charge on any atom is -0.478 e. The molecule has 4 nitrogen and oxygen atoms in total. The first-order valence-electron chi connectivity index (χ1n) is 4.60. The molecule has 0 saturated heterocycles. The van der Waals surface area contributed by atoms with Crippen LogP contribution in [0.15, 0.2) is 11.1 Å².